The fourth-order valence-corrected chi connectivity index (χ4v) is 8.04. The number of benzene rings is 4. The van der Waals surface area contributed by atoms with Gasteiger partial charge in [0.25, 0.3) is 11.8 Å². The summed E-state index contributed by atoms with van der Waals surface area (Å²) in [5, 5.41) is 2.23. The van der Waals surface area contributed by atoms with Gasteiger partial charge in [0, 0.05) is 24.8 Å². The van der Waals surface area contributed by atoms with Crippen LogP contribution in [0.15, 0.2) is 108 Å². The van der Waals surface area contributed by atoms with Gasteiger partial charge in [-0.2, -0.15) is 0 Å². The zero-order valence-electron chi connectivity index (χ0n) is 30.7. The smallest absolute Gasteiger partial charge is 0.263 e. The van der Waals surface area contributed by atoms with Gasteiger partial charge in [-0.15, -0.1) is 11.8 Å². The average Bonchev–Trinajstić information content (AvgIpc) is 3.45. The lowest BCUT2D eigenvalue weighted by Crippen LogP contribution is -2.54. The molecule has 4 aromatic rings. The third-order valence-electron chi connectivity index (χ3n) is 9.83. The summed E-state index contributed by atoms with van der Waals surface area (Å²) in [6.45, 7) is 3.04. The molecule has 54 heavy (non-hydrogen) atoms. The van der Waals surface area contributed by atoms with Gasteiger partial charge in [0.15, 0.2) is 0 Å². The molecule has 1 saturated heterocycles. The number of nitrogens with one attached hydrogen (secondary N) is 1. The van der Waals surface area contributed by atoms with Gasteiger partial charge in [-0.25, -0.2) is 0 Å². The molecular formula is C44H45N3O6S. The van der Waals surface area contributed by atoms with Gasteiger partial charge in [0.2, 0.25) is 17.7 Å². The number of fused-ring (bicyclic) bond motifs is 1. The molecule has 5 amide bonds. The van der Waals surface area contributed by atoms with Crippen LogP contribution in [0.2, 0.25) is 0 Å². The molecule has 10 heteroatoms. The number of hydrogen-bond donors (Lipinski definition) is 1. The van der Waals surface area contributed by atoms with Crippen LogP contribution in [-0.4, -0.2) is 71.3 Å². The Morgan fingerprint density at radius 2 is 1.50 bits per heavy atom. The van der Waals surface area contributed by atoms with Crippen molar-refractivity contribution in [1.82, 2.24) is 15.1 Å². The Kier molecular flexibility index (Phi) is 12.8. The van der Waals surface area contributed by atoms with E-state index in [-0.39, 0.29) is 24.3 Å². The molecule has 2 aliphatic heterocycles. The zero-order valence-corrected chi connectivity index (χ0v) is 31.5. The Morgan fingerprint density at radius 1 is 0.815 bits per heavy atom. The van der Waals surface area contributed by atoms with Gasteiger partial charge in [-0.05, 0) is 83.5 Å². The predicted octanol–water partition coefficient (Wildman–Crippen LogP) is 7.65. The minimum Gasteiger partial charge on any atom is -0.492 e. The van der Waals surface area contributed by atoms with E-state index in [2.05, 4.69) is 72.9 Å². The van der Waals surface area contributed by atoms with Crippen LogP contribution in [-0.2, 0) is 14.4 Å². The van der Waals surface area contributed by atoms with Crippen LogP contribution in [0.5, 0.6) is 5.75 Å². The highest BCUT2D eigenvalue weighted by Gasteiger charge is 2.45. The summed E-state index contributed by atoms with van der Waals surface area (Å²) in [5.41, 5.74) is 6.57. The third kappa shape index (κ3) is 8.82. The lowest BCUT2D eigenvalue weighted by Gasteiger charge is -2.27. The number of imide groups is 2. The van der Waals surface area contributed by atoms with Crippen LogP contribution in [0, 0.1) is 0 Å². The molecule has 2 heterocycles. The van der Waals surface area contributed by atoms with Crippen LogP contribution in [0.3, 0.4) is 0 Å². The Hall–Kier alpha value is -5.48. The first kappa shape index (κ1) is 38.3. The van der Waals surface area contributed by atoms with Crippen molar-refractivity contribution in [2.75, 3.05) is 26.0 Å². The van der Waals surface area contributed by atoms with Gasteiger partial charge >= 0.3 is 0 Å². The quantitative estimate of drug-likeness (QED) is 0.0543. The number of likely N-dealkylation sites (N-methyl/N-ethyl adjacent to an activating group) is 1. The molecule has 1 N–H and O–H groups in total. The van der Waals surface area contributed by atoms with E-state index < -0.39 is 29.7 Å². The van der Waals surface area contributed by atoms with Crippen LogP contribution >= 0.6 is 11.8 Å². The number of carbonyl (C=O) groups is 5. The monoisotopic (exact) mass is 743 g/mol. The fourth-order valence-electron chi connectivity index (χ4n) is 6.96. The summed E-state index contributed by atoms with van der Waals surface area (Å²) in [4.78, 5) is 66.6. The Labute approximate surface area is 320 Å². The second kappa shape index (κ2) is 18.0. The lowest BCUT2D eigenvalue weighted by molar-refractivity contribution is -0.136. The van der Waals surface area contributed by atoms with Crippen LogP contribution < -0.4 is 10.1 Å². The molecule has 1 fully saturated rings. The molecule has 0 aromatic heterocycles. The fraction of sp³-hybridized carbons (Fsp3) is 0.295. The zero-order chi connectivity index (χ0) is 38.0. The number of unbranched alkanes of at least 4 members (excludes halogenated alkanes) is 2. The highest BCUT2D eigenvalue weighted by atomic mass is 32.2. The number of amides is 5. The van der Waals surface area contributed by atoms with Gasteiger partial charge in [-0.1, -0.05) is 92.2 Å². The first-order valence-corrected chi connectivity index (χ1v) is 19.5. The van der Waals surface area contributed by atoms with E-state index in [9.17, 15) is 24.0 Å². The average molecular weight is 744 g/mol. The highest BCUT2D eigenvalue weighted by molar-refractivity contribution is 7.99. The predicted molar refractivity (Wildman–Crippen MR) is 211 cm³/mol. The first-order chi connectivity index (χ1) is 26.3. The molecule has 1 unspecified atom stereocenters. The van der Waals surface area contributed by atoms with E-state index in [0.29, 0.717) is 35.8 Å². The van der Waals surface area contributed by atoms with Gasteiger partial charge in [0.05, 0.1) is 17.7 Å². The van der Waals surface area contributed by atoms with Gasteiger partial charge < -0.3 is 9.64 Å². The van der Waals surface area contributed by atoms with Crippen molar-refractivity contribution in [3.63, 3.8) is 0 Å². The van der Waals surface area contributed by atoms with E-state index >= 15 is 0 Å². The maximum atomic E-state index is 13.3. The Morgan fingerprint density at radius 3 is 2.19 bits per heavy atom. The Bertz CT molecular complexity index is 2030. The molecule has 0 spiro atoms. The van der Waals surface area contributed by atoms with E-state index in [1.54, 1.807) is 24.1 Å². The van der Waals surface area contributed by atoms with Gasteiger partial charge in [-0.3, -0.25) is 34.2 Å². The number of piperidine rings is 1. The first-order valence-electron chi connectivity index (χ1n) is 18.6. The number of rotatable bonds is 16. The number of allylic oxidation sites excluding steroid dienone is 1. The largest absolute Gasteiger partial charge is 0.492 e. The molecule has 0 radical (unpaired) electrons. The molecule has 9 nitrogen and oxygen atoms in total. The van der Waals surface area contributed by atoms with E-state index in [4.69, 9.17) is 4.74 Å². The van der Waals surface area contributed by atoms with Gasteiger partial charge in [0.1, 0.15) is 18.4 Å². The minimum absolute atomic E-state index is 0.0609. The number of carbonyl (C=O) groups excluding carboxylic acids is 5. The summed E-state index contributed by atoms with van der Waals surface area (Å²) in [6.07, 6.45) is 3.92. The second-order valence-corrected chi connectivity index (χ2v) is 14.5. The molecule has 278 valence electrons. The molecular weight excluding hydrogens is 699 g/mol. The molecule has 0 saturated carbocycles. The number of thioether (sulfide) groups is 1. The van der Waals surface area contributed by atoms with Crippen molar-refractivity contribution in [1.29, 1.82) is 0 Å². The number of ether oxygens (including phenoxy) is 1. The lowest BCUT2D eigenvalue weighted by atomic mass is 9.88. The topological polar surface area (TPSA) is 113 Å². The van der Waals surface area contributed by atoms with E-state index in [1.165, 1.54) is 34.0 Å². The van der Waals surface area contributed by atoms with Crippen LogP contribution in [0.1, 0.15) is 89.3 Å². The maximum Gasteiger partial charge on any atom is 0.263 e. The molecule has 2 aliphatic rings. The summed E-state index contributed by atoms with van der Waals surface area (Å²) in [7, 11) is 1.80. The molecule has 0 aliphatic carbocycles. The molecule has 6 rings (SSSR count). The number of nitrogens with zero attached hydrogens (tertiary/aromatic N) is 2. The van der Waals surface area contributed by atoms with Crippen molar-refractivity contribution in [3.05, 3.63) is 131 Å². The summed E-state index contributed by atoms with van der Waals surface area (Å²) in [5.74, 6) is -0.508. The van der Waals surface area contributed by atoms with Crippen molar-refractivity contribution in [2.45, 2.75) is 62.8 Å². The highest BCUT2D eigenvalue weighted by Crippen LogP contribution is 2.36. The minimum atomic E-state index is -0.988. The Balaban J connectivity index is 0.939. The van der Waals surface area contributed by atoms with Crippen LogP contribution in [0.4, 0.5) is 0 Å². The standard InChI is InChI=1S/C44H45N3O6S/c1-3-34(30-14-7-4-8-15-30)40(31-16-9-5-10-17-31)32-21-23-33(24-22-32)53-28-27-46(2)39(49)20-11-6-12-29-54-37-19-13-18-35-41(37)44(52)47(43(35)51)36-25-26-38(48)45-42(36)50/h4-5,7-10,13-19,21-24,36H,3,6,11-12,20,25-29H2,1-2H3,(H,45,48,50)/b40-34-. The number of hydrogen-bond acceptors (Lipinski definition) is 7. The third-order valence-corrected chi connectivity index (χ3v) is 11.0. The van der Waals surface area contributed by atoms with E-state index in [0.717, 1.165) is 41.9 Å². The molecule has 1 atom stereocenters. The molecule has 4 aromatic carbocycles. The summed E-state index contributed by atoms with van der Waals surface area (Å²) < 4.78 is 6.04. The van der Waals surface area contributed by atoms with E-state index in [1.807, 2.05) is 30.3 Å². The van der Waals surface area contributed by atoms with Crippen molar-refractivity contribution in [2.24, 2.45) is 0 Å². The normalized spacial score (nSPS) is 15.8. The summed E-state index contributed by atoms with van der Waals surface area (Å²) in [6, 6.07) is 33.3. The van der Waals surface area contributed by atoms with Crippen molar-refractivity contribution < 1.29 is 28.7 Å². The van der Waals surface area contributed by atoms with Crippen molar-refractivity contribution >= 4 is 52.4 Å². The maximum absolute atomic E-state index is 13.3. The summed E-state index contributed by atoms with van der Waals surface area (Å²) >= 11 is 1.49. The molecule has 0 bridgehead atoms. The van der Waals surface area contributed by atoms with Crippen LogP contribution in [0.25, 0.3) is 11.1 Å². The second-order valence-electron chi connectivity index (χ2n) is 13.4. The van der Waals surface area contributed by atoms with Crippen molar-refractivity contribution in [3.8, 4) is 5.75 Å². The SMILES string of the molecule is CC/C(=C(\c1ccccc1)c1ccc(OCCN(C)C(=O)CCCCCSc2cccc3c2C(=O)N(C2CCC(=O)NC2=O)C3=O)cc1)c1ccccc1.